The summed E-state index contributed by atoms with van der Waals surface area (Å²) in [6, 6.07) is 9.07. The van der Waals surface area contributed by atoms with Crippen molar-refractivity contribution in [2.45, 2.75) is 63.6 Å². The van der Waals surface area contributed by atoms with Crippen LogP contribution in [0.4, 0.5) is 27.6 Å². The van der Waals surface area contributed by atoms with Crippen LogP contribution in [-0.4, -0.2) is 65.1 Å². The van der Waals surface area contributed by atoms with Crippen LogP contribution in [0.1, 0.15) is 56.5 Å². The number of hydrogen-bond donors (Lipinski definition) is 2. The van der Waals surface area contributed by atoms with E-state index in [1.165, 1.54) is 19.1 Å². The highest BCUT2D eigenvalue weighted by molar-refractivity contribution is 5.85. The highest BCUT2D eigenvalue weighted by Gasteiger charge is 2.47. The highest BCUT2D eigenvalue weighted by Crippen LogP contribution is 2.47. The first-order valence-electron chi connectivity index (χ1n) is 13.3. The van der Waals surface area contributed by atoms with E-state index in [1.807, 2.05) is 38.1 Å². The number of alkyl halides is 3. The molecule has 1 saturated heterocycles. The zero-order chi connectivity index (χ0) is 27.2. The summed E-state index contributed by atoms with van der Waals surface area (Å²) < 4.78 is 73.8. The minimum Gasteiger partial charge on any atom is -0.380 e. The van der Waals surface area contributed by atoms with Crippen LogP contribution in [0.2, 0.25) is 0 Å². The second kappa shape index (κ2) is 10.2. The molecule has 4 nitrogen and oxygen atoms in total. The quantitative estimate of drug-likeness (QED) is 0.301. The molecule has 3 aromatic rings. The van der Waals surface area contributed by atoms with Gasteiger partial charge >= 0.3 is 0 Å². The van der Waals surface area contributed by atoms with E-state index in [0.29, 0.717) is 43.9 Å². The summed E-state index contributed by atoms with van der Waals surface area (Å²) in [5.74, 6) is -4.58. The molecule has 0 radical (unpaired) electrons. The van der Waals surface area contributed by atoms with Crippen molar-refractivity contribution in [1.29, 1.82) is 0 Å². The second-order valence-electron chi connectivity index (χ2n) is 11.3. The van der Waals surface area contributed by atoms with Gasteiger partial charge in [-0.25, -0.2) is 17.6 Å². The minimum atomic E-state index is -3.02. The number of hydrogen-bond acceptors (Lipinski definition) is 3. The lowest BCUT2D eigenvalue weighted by atomic mass is 9.80. The highest BCUT2D eigenvalue weighted by atomic mass is 19.3. The molecule has 1 atom stereocenters. The molecule has 0 amide bonds. The predicted octanol–water partition coefficient (Wildman–Crippen LogP) is 6.67. The fourth-order valence-electron chi connectivity index (χ4n) is 5.94. The Bertz CT molecular complexity index is 1270. The van der Waals surface area contributed by atoms with E-state index in [2.05, 4.69) is 15.2 Å². The number of halogens is 5. The third kappa shape index (κ3) is 5.02. The van der Waals surface area contributed by atoms with Crippen molar-refractivity contribution in [3.8, 4) is 0 Å². The Balaban J connectivity index is 1.53. The fraction of sp³-hybridized carbons (Fsp3) is 0.517. The Labute approximate surface area is 220 Å². The molecule has 0 unspecified atom stereocenters. The van der Waals surface area contributed by atoms with Crippen molar-refractivity contribution in [2.24, 2.45) is 0 Å². The van der Waals surface area contributed by atoms with Gasteiger partial charge in [-0.05, 0) is 50.5 Å². The Hall–Kier alpha value is -2.65. The maximum atomic E-state index is 15.8. The van der Waals surface area contributed by atoms with E-state index in [9.17, 15) is 13.2 Å². The topological polar surface area (TPSA) is 34.3 Å². The SMILES string of the molecule is CCC(F)(F)CN1[C@@H](c2c(F)cc(NC3CN(CCCF)C3)cc2F)c2[nH]c3ccccc3c2CC1(C)C. The van der Waals surface area contributed by atoms with Gasteiger partial charge in [0.2, 0.25) is 0 Å². The second-order valence-corrected chi connectivity index (χ2v) is 11.3. The summed E-state index contributed by atoms with van der Waals surface area (Å²) in [6.07, 6.45) is 0.557. The number of nitrogens with one attached hydrogen (secondary N) is 2. The molecule has 2 N–H and O–H groups in total. The van der Waals surface area contributed by atoms with Crippen LogP contribution < -0.4 is 5.32 Å². The third-order valence-electron chi connectivity index (χ3n) is 8.03. The number of rotatable bonds is 9. The zero-order valence-electron chi connectivity index (χ0n) is 22.1. The van der Waals surface area contributed by atoms with Crippen molar-refractivity contribution in [3.05, 3.63) is 64.9 Å². The molecule has 206 valence electrons. The number of likely N-dealkylation sites (tertiary alicyclic amines) is 1. The van der Waals surface area contributed by atoms with Crippen molar-refractivity contribution < 1.29 is 22.0 Å². The van der Waals surface area contributed by atoms with Gasteiger partial charge < -0.3 is 10.3 Å². The summed E-state index contributed by atoms with van der Waals surface area (Å²) in [6.45, 7) is 6.12. The smallest absolute Gasteiger partial charge is 0.260 e. The first kappa shape index (κ1) is 26.9. The molecular formula is C29H35F5N4. The Morgan fingerprint density at radius 1 is 1.11 bits per heavy atom. The Morgan fingerprint density at radius 2 is 1.79 bits per heavy atom. The summed E-state index contributed by atoms with van der Waals surface area (Å²) in [4.78, 5) is 6.94. The van der Waals surface area contributed by atoms with E-state index < -0.39 is 35.7 Å². The van der Waals surface area contributed by atoms with Crippen molar-refractivity contribution in [1.82, 2.24) is 14.8 Å². The molecule has 0 bridgehead atoms. The molecule has 2 aliphatic rings. The van der Waals surface area contributed by atoms with Gasteiger partial charge in [-0.3, -0.25) is 14.2 Å². The summed E-state index contributed by atoms with van der Waals surface area (Å²) in [5, 5.41) is 4.09. The van der Waals surface area contributed by atoms with E-state index in [-0.39, 0.29) is 24.7 Å². The van der Waals surface area contributed by atoms with Gasteiger partial charge in [-0.2, -0.15) is 0 Å². The van der Waals surface area contributed by atoms with E-state index in [1.54, 1.807) is 4.90 Å². The molecule has 1 aromatic heterocycles. The van der Waals surface area contributed by atoms with Crippen LogP contribution in [0.5, 0.6) is 0 Å². The Morgan fingerprint density at radius 3 is 2.45 bits per heavy atom. The number of anilines is 1. The fourth-order valence-corrected chi connectivity index (χ4v) is 5.94. The molecule has 0 spiro atoms. The average molecular weight is 535 g/mol. The van der Waals surface area contributed by atoms with E-state index in [4.69, 9.17) is 0 Å². The summed E-state index contributed by atoms with van der Waals surface area (Å²) in [7, 11) is 0. The maximum absolute atomic E-state index is 15.8. The normalized spacial score (nSPS) is 20.5. The third-order valence-corrected chi connectivity index (χ3v) is 8.03. The van der Waals surface area contributed by atoms with Gasteiger partial charge in [0, 0.05) is 59.4 Å². The maximum Gasteiger partial charge on any atom is 0.260 e. The van der Waals surface area contributed by atoms with Crippen LogP contribution in [0.3, 0.4) is 0 Å². The van der Waals surface area contributed by atoms with Crippen molar-refractivity contribution in [3.63, 3.8) is 0 Å². The summed E-state index contributed by atoms with van der Waals surface area (Å²) in [5.41, 5.74) is 1.54. The van der Waals surface area contributed by atoms with Gasteiger partial charge in [0.25, 0.3) is 5.92 Å². The van der Waals surface area contributed by atoms with Gasteiger partial charge in [-0.1, -0.05) is 25.1 Å². The number of para-hydroxylation sites is 1. The molecule has 0 saturated carbocycles. The van der Waals surface area contributed by atoms with Crippen molar-refractivity contribution in [2.75, 3.05) is 38.2 Å². The average Bonchev–Trinajstić information content (AvgIpc) is 3.19. The van der Waals surface area contributed by atoms with Crippen LogP contribution >= 0.6 is 0 Å². The van der Waals surface area contributed by atoms with Gasteiger partial charge in [0.05, 0.1) is 25.3 Å². The molecule has 2 aromatic carbocycles. The van der Waals surface area contributed by atoms with Gasteiger partial charge in [0.15, 0.2) is 0 Å². The minimum absolute atomic E-state index is 0.00734. The monoisotopic (exact) mass is 534 g/mol. The van der Waals surface area contributed by atoms with E-state index >= 15 is 8.78 Å². The number of H-pyrrole nitrogens is 1. The van der Waals surface area contributed by atoms with Crippen LogP contribution in [0.15, 0.2) is 36.4 Å². The van der Waals surface area contributed by atoms with Crippen LogP contribution in [0.25, 0.3) is 10.9 Å². The lowest BCUT2D eigenvalue weighted by Crippen LogP contribution is -2.55. The van der Waals surface area contributed by atoms with Crippen LogP contribution in [0, 0.1) is 11.6 Å². The van der Waals surface area contributed by atoms with Gasteiger partial charge in [0.1, 0.15) is 11.6 Å². The number of aromatic amines is 1. The first-order valence-corrected chi connectivity index (χ1v) is 13.3. The molecule has 3 heterocycles. The molecule has 0 aliphatic carbocycles. The lowest BCUT2D eigenvalue weighted by Gasteiger charge is -2.49. The largest absolute Gasteiger partial charge is 0.380 e. The van der Waals surface area contributed by atoms with Gasteiger partial charge in [-0.15, -0.1) is 0 Å². The van der Waals surface area contributed by atoms with Crippen LogP contribution in [-0.2, 0) is 6.42 Å². The molecule has 9 heteroatoms. The molecule has 38 heavy (non-hydrogen) atoms. The number of aromatic nitrogens is 1. The molecule has 5 rings (SSSR count). The first-order chi connectivity index (χ1) is 18.0. The predicted molar refractivity (Wildman–Crippen MR) is 141 cm³/mol. The number of fused-ring (bicyclic) bond motifs is 3. The number of benzene rings is 2. The summed E-state index contributed by atoms with van der Waals surface area (Å²) >= 11 is 0. The molecular weight excluding hydrogens is 499 g/mol. The molecule has 1 fully saturated rings. The van der Waals surface area contributed by atoms with E-state index in [0.717, 1.165) is 16.5 Å². The zero-order valence-corrected chi connectivity index (χ0v) is 22.1. The number of nitrogens with zero attached hydrogens (tertiary/aromatic N) is 2. The Kier molecular flexibility index (Phi) is 7.20. The lowest BCUT2D eigenvalue weighted by molar-refractivity contribution is -0.0741. The standard InChI is InChI=1S/C29H35F5N4/c1-4-29(33,34)17-38-27(26-21(14-28(38,2)3)20-8-5-6-9-24(20)36-26)25-22(31)12-18(13-23(25)32)35-19-15-37(16-19)11-7-10-30/h5-6,8-9,12-13,19,27,35-36H,4,7,10-11,14-17H2,1-3H3/t27-/m0/s1. The molecule has 2 aliphatic heterocycles. The van der Waals surface area contributed by atoms with Crippen molar-refractivity contribution >= 4 is 16.6 Å².